The predicted molar refractivity (Wildman–Crippen MR) is 151 cm³/mol. The van der Waals surface area contributed by atoms with Gasteiger partial charge in [0.15, 0.2) is 0 Å². The molecule has 1 aromatic carbocycles. The molecule has 1 spiro atoms. The van der Waals surface area contributed by atoms with Crippen molar-refractivity contribution in [1.82, 2.24) is 9.80 Å². The van der Waals surface area contributed by atoms with Crippen molar-refractivity contribution in [3.63, 3.8) is 0 Å². The van der Waals surface area contributed by atoms with Crippen molar-refractivity contribution in [1.29, 1.82) is 0 Å². The first-order valence-corrected chi connectivity index (χ1v) is 14.0. The Bertz CT molecular complexity index is 1150. The van der Waals surface area contributed by atoms with Crippen LogP contribution in [0.2, 0.25) is 0 Å². The number of fused-ring (bicyclic) bond motifs is 1. The van der Waals surface area contributed by atoms with Crippen LogP contribution in [0, 0.1) is 31.6 Å². The molecule has 0 aliphatic carbocycles. The Morgan fingerprint density at radius 3 is 2.38 bits per heavy atom. The van der Waals surface area contributed by atoms with Crippen LogP contribution in [0.3, 0.4) is 0 Å². The van der Waals surface area contributed by atoms with Crippen LogP contribution in [-0.4, -0.2) is 82.7 Å². The monoisotopic (exact) mass is 537 g/mol. The number of aliphatic hydroxyl groups excluding tert-OH is 1. The molecule has 3 unspecified atom stereocenters. The number of aryl methyl sites for hydroxylation is 2. The molecule has 3 aliphatic heterocycles. The number of rotatable bonds is 11. The molecule has 0 saturated carbocycles. The number of ether oxygens (including phenoxy) is 1. The Hall–Kier alpha value is -2.97. The molecule has 2 bridgehead atoms. The van der Waals surface area contributed by atoms with Crippen molar-refractivity contribution in [3.8, 4) is 0 Å². The van der Waals surface area contributed by atoms with Gasteiger partial charge in [0.05, 0.1) is 24.0 Å². The van der Waals surface area contributed by atoms with Crippen molar-refractivity contribution in [2.24, 2.45) is 17.8 Å². The predicted octanol–water partition coefficient (Wildman–Crippen LogP) is 3.25. The number of carbonyl (C=O) groups is 3. The molecule has 1 aromatic rings. The van der Waals surface area contributed by atoms with Crippen LogP contribution in [0.4, 0.5) is 5.69 Å². The van der Waals surface area contributed by atoms with E-state index in [4.69, 9.17) is 4.74 Å². The standard InChI is InChI=1S/C31H43N3O5/c1-8-14-32(15-9-2)27(36)23-24-28(37)34(17-18-35)26(31(24)19-22(6)30(23,7)39-31)29(38)33(16-10-3)25-20(4)12-11-13-21(25)5/h8,10-13,22-24,26,35H,1,3,9,14-19H2,2,4-7H3/t22?,23-,24+,26?,30+,31?/m1/s1. The highest BCUT2D eigenvalue weighted by atomic mass is 16.5. The summed E-state index contributed by atoms with van der Waals surface area (Å²) in [5, 5.41) is 9.97. The van der Waals surface area contributed by atoms with Gasteiger partial charge in [-0.1, -0.05) is 44.2 Å². The van der Waals surface area contributed by atoms with Gasteiger partial charge in [-0.2, -0.15) is 0 Å². The van der Waals surface area contributed by atoms with Crippen molar-refractivity contribution >= 4 is 23.4 Å². The number of hydrogen-bond donors (Lipinski definition) is 1. The summed E-state index contributed by atoms with van der Waals surface area (Å²) in [6.07, 6.45) is 4.62. The lowest BCUT2D eigenvalue weighted by molar-refractivity contribution is -0.151. The molecule has 8 nitrogen and oxygen atoms in total. The molecule has 4 rings (SSSR count). The Balaban J connectivity index is 1.85. The molecule has 8 heteroatoms. The number of para-hydroxylation sites is 1. The third-order valence-electron chi connectivity index (χ3n) is 9.10. The second-order valence-corrected chi connectivity index (χ2v) is 11.5. The highest BCUT2D eigenvalue weighted by Crippen LogP contribution is 2.65. The zero-order valence-electron chi connectivity index (χ0n) is 24.0. The maximum absolute atomic E-state index is 14.6. The largest absolute Gasteiger partial charge is 0.395 e. The van der Waals surface area contributed by atoms with E-state index in [0.717, 1.165) is 23.2 Å². The van der Waals surface area contributed by atoms with Crippen molar-refractivity contribution in [2.45, 2.75) is 64.7 Å². The van der Waals surface area contributed by atoms with Crippen LogP contribution in [0.1, 0.15) is 44.7 Å². The minimum absolute atomic E-state index is 0.0110. The molecule has 1 N–H and O–H groups in total. The van der Waals surface area contributed by atoms with Crippen LogP contribution in [0.25, 0.3) is 0 Å². The van der Waals surface area contributed by atoms with E-state index in [2.05, 4.69) is 13.2 Å². The molecule has 3 heterocycles. The quantitative estimate of drug-likeness (QED) is 0.438. The summed E-state index contributed by atoms with van der Waals surface area (Å²) in [5.74, 6) is -2.31. The van der Waals surface area contributed by atoms with Crippen molar-refractivity contribution in [3.05, 3.63) is 54.6 Å². The molecule has 39 heavy (non-hydrogen) atoms. The normalized spacial score (nSPS) is 30.8. The first-order valence-electron chi connectivity index (χ1n) is 14.0. The summed E-state index contributed by atoms with van der Waals surface area (Å²) in [4.78, 5) is 47.8. The fourth-order valence-electron chi connectivity index (χ4n) is 7.46. The molecule has 3 amide bonds. The number of likely N-dealkylation sites (tertiary alicyclic amines) is 1. The molecular weight excluding hydrogens is 494 g/mol. The van der Waals surface area contributed by atoms with Crippen molar-refractivity contribution in [2.75, 3.05) is 37.7 Å². The maximum atomic E-state index is 14.6. The number of nitrogens with zero attached hydrogens (tertiary/aromatic N) is 3. The van der Waals surface area contributed by atoms with Gasteiger partial charge in [-0.3, -0.25) is 14.4 Å². The number of β-amino-alcohol motifs (C(OH)–C–C–N with tert-alkyl or cyclic N) is 1. The van der Waals surface area contributed by atoms with Crippen LogP contribution < -0.4 is 4.90 Å². The topological polar surface area (TPSA) is 90.4 Å². The highest BCUT2D eigenvalue weighted by molar-refractivity contribution is 6.05. The Kier molecular flexibility index (Phi) is 8.11. The minimum atomic E-state index is -1.17. The van der Waals surface area contributed by atoms with Crippen molar-refractivity contribution < 1.29 is 24.2 Å². The molecule has 0 radical (unpaired) electrons. The van der Waals surface area contributed by atoms with Crippen LogP contribution in [-0.2, 0) is 19.1 Å². The number of hydrogen-bond acceptors (Lipinski definition) is 5. The highest BCUT2D eigenvalue weighted by Gasteiger charge is 2.80. The van der Waals surface area contributed by atoms with Gasteiger partial charge in [-0.15, -0.1) is 13.2 Å². The van der Waals surface area contributed by atoms with Crippen LogP contribution in [0.15, 0.2) is 43.5 Å². The lowest BCUT2D eigenvalue weighted by atomic mass is 9.62. The summed E-state index contributed by atoms with van der Waals surface area (Å²) in [6.45, 7) is 18.4. The average Bonchev–Trinajstić information content (AvgIpc) is 3.39. The summed E-state index contributed by atoms with van der Waals surface area (Å²) in [5.41, 5.74) is 0.581. The lowest BCUT2D eigenvalue weighted by Crippen LogP contribution is -2.57. The molecule has 3 aliphatic rings. The van der Waals surface area contributed by atoms with E-state index in [1.165, 1.54) is 4.90 Å². The summed E-state index contributed by atoms with van der Waals surface area (Å²) >= 11 is 0. The second-order valence-electron chi connectivity index (χ2n) is 11.5. The fourth-order valence-corrected chi connectivity index (χ4v) is 7.46. The van der Waals surface area contributed by atoms with E-state index in [1.807, 2.05) is 52.8 Å². The van der Waals surface area contributed by atoms with Gasteiger partial charge in [0.25, 0.3) is 5.91 Å². The number of benzene rings is 1. The number of aliphatic hydroxyl groups is 1. The first-order chi connectivity index (χ1) is 18.5. The van der Waals surface area contributed by atoms with Gasteiger partial charge >= 0.3 is 0 Å². The van der Waals surface area contributed by atoms with Gasteiger partial charge in [-0.05, 0) is 50.7 Å². The zero-order valence-corrected chi connectivity index (χ0v) is 24.0. The Morgan fingerprint density at radius 1 is 1.18 bits per heavy atom. The zero-order chi connectivity index (χ0) is 28.7. The average molecular weight is 538 g/mol. The fraction of sp³-hybridized carbons (Fsp3) is 0.581. The van der Waals surface area contributed by atoms with E-state index in [9.17, 15) is 19.5 Å². The maximum Gasteiger partial charge on any atom is 0.253 e. The Morgan fingerprint density at radius 2 is 1.82 bits per heavy atom. The van der Waals surface area contributed by atoms with Crippen LogP contribution >= 0.6 is 0 Å². The second kappa shape index (κ2) is 10.9. The van der Waals surface area contributed by atoms with Gasteiger partial charge in [0, 0.05) is 31.9 Å². The van der Waals surface area contributed by atoms with Crippen LogP contribution in [0.5, 0.6) is 0 Å². The smallest absolute Gasteiger partial charge is 0.253 e. The number of carbonyl (C=O) groups excluding carboxylic acids is 3. The molecule has 0 aromatic heterocycles. The summed E-state index contributed by atoms with van der Waals surface area (Å²) in [6, 6.07) is 4.88. The van der Waals surface area contributed by atoms with E-state index in [1.54, 1.807) is 22.0 Å². The lowest BCUT2D eigenvalue weighted by Gasteiger charge is -2.39. The van der Waals surface area contributed by atoms with E-state index in [0.29, 0.717) is 19.5 Å². The molecule has 212 valence electrons. The molecule has 3 fully saturated rings. The third kappa shape index (κ3) is 4.32. The molecular formula is C31H43N3O5. The molecule has 6 atom stereocenters. The van der Waals surface area contributed by atoms with Gasteiger partial charge in [0.1, 0.15) is 11.6 Å². The van der Waals surface area contributed by atoms with Gasteiger partial charge in [-0.25, -0.2) is 0 Å². The number of anilines is 1. The van der Waals surface area contributed by atoms with E-state index in [-0.39, 0.29) is 43.3 Å². The summed E-state index contributed by atoms with van der Waals surface area (Å²) < 4.78 is 6.84. The summed E-state index contributed by atoms with van der Waals surface area (Å²) in [7, 11) is 0. The SMILES string of the molecule is C=CCN(CCC)C(=O)[C@H]1[C@H]2C(=O)N(CCO)C(C(=O)N(CC=C)c3c(C)cccc3C)C23CC(C)[C@]1(C)O3. The number of amides is 3. The van der Waals surface area contributed by atoms with Gasteiger partial charge in [0.2, 0.25) is 11.8 Å². The molecule has 3 saturated heterocycles. The third-order valence-corrected chi connectivity index (χ3v) is 9.10. The van der Waals surface area contributed by atoms with E-state index < -0.39 is 29.1 Å². The van der Waals surface area contributed by atoms with E-state index >= 15 is 0 Å². The minimum Gasteiger partial charge on any atom is -0.395 e. The van der Waals surface area contributed by atoms with Gasteiger partial charge < -0.3 is 24.5 Å². The Labute approximate surface area is 232 Å². The first kappa shape index (κ1) is 29.0.